The Morgan fingerprint density at radius 3 is 2.46 bits per heavy atom. The zero-order chi connectivity index (χ0) is 9.26. The Kier molecular flexibility index (Phi) is 2.28. The molecule has 0 unspecified atom stereocenters. The van der Waals surface area contributed by atoms with Crippen molar-refractivity contribution in [1.29, 1.82) is 0 Å². The molecule has 0 bridgehead atoms. The maximum absolute atomic E-state index is 5.48. The molecule has 0 aliphatic carbocycles. The van der Waals surface area contributed by atoms with Gasteiger partial charge in [0.2, 0.25) is 0 Å². The van der Waals surface area contributed by atoms with E-state index in [1.54, 1.807) is 23.7 Å². The van der Waals surface area contributed by atoms with Gasteiger partial charge in [-0.05, 0) is 28.1 Å². The summed E-state index contributed by atoms with van der Waals surface area (Å²) in [5.41, 5.74) is 6.06. The second-order valence-electron chi connectivity index (χ2n) is 2.44. The third kappa shape index (κ3) is 1.87. The van der Waals surface area contributed by atoms with Gasteiger partial charge < -0.3 is 5.73 Å². The number of nitrogen functional groups attached to an aromatic ring is 1. The number of thiophene rings is 1. The first-order valence-electron chi connectivity index (χ1n) is 3.59. The van der Waals surface area contributed by atoms with Gasteiger partial charge in [0, 0.05) is 0 Å². The van der Waals surface area contributed by atoms with Gasteiger partial charge in [-0.2, -0.15) is 0 Å². The minimum atomic E-state index is 0.583. The number of rotatable bonds is 1. The molecule has 0 aliphatic heterocycles. The van der Waals surface area contributed by atoms with Crippen LogP contribution in [0.3, 0.4) is 0 Å². The van der Waals surface area contributed by atoms with Crippen LogP contribution in [0.25, 0.3) is 10.7 Å². The zero-order valence-electron chi connectivity index (χ0n) is 6.57. The van der Waals surface area contributed by atoms with Crippen molar-refractivity contribution in [3.05, 3.63) is 28.3 Å². The maximum Gasteiger partial charge on any atom is 0.169 e. The van der Waals surface area contributed by atoms with Crippen LogP contribution in [0.1, 0.15) is 0 Å². The van der Waals surface area contributed by atoms with E-state index in [0.29, 0.717) is 11.5 Å². The van der Waals surface area contributed by atoms with Crippen molar-refractivity contribution < 1.29 is 0 Å². The van der Waals surface area contributed by atoms with Crippen molar-refractivity contribution in [3.63, 3.8) is 0 Å². The monoisotopic (exact) mass is 255 g/mol. The lowest BCUT2D eigenvalue weighted by molar-refractivity contribution is 1.19. The van der Waals surface area contributed by atoms with Crippen molar-refractivity contribution in [2.45, 2.75) is 0 Å². The van der Waals surface area contributed by atoms with Crippen molar-refractivity contribution in [2.75, 3.05) is 5.73 Å². The fourth-order valence-electron chi connectivity index (χ4n) is 0.900. The second-order valence-corrected chi connectivity index (χ2v) is 4.91. The van der Waals surface area contributed by atoms with E-state index in [2.05, 4.69) is 25.9 Å². The number of hydrogen-bond donors (Lipinski definition) is 1. The summed E-state index contributed by atoms with van der Waals surface area (Å²) in [6, 6.07) is 3.94. The Bertz CT molecular complexity index is 410. The van der Waals surface area contributed by atoms with E-state index in [-0.39, 0.29) is 0 Å². The Morgan fingerprint density at radius 1 is 1.23 bits per heavy atom. The molecule has 0 aromatic carbocycles. The highest BCUT2D eigenvalue weighted by molar-refractivity contribution is 9.11. The van der Waals surface area contributed by atoms with Crippen LogP contribution >= 0.6 is 27.3 Å². The molecular weight excluding hydrogens is 250 g/mol. The molecule has 2 aromatic rings. The summed E-state index contributed by atoms with van der Waals surface area (Å²) in [7, 11) is 0. The molecule has 2 rings (SSSR count). The molecule has 3 nitrogen and oxygen atoms in total. The largest absolute Gasteiger partial charge is 0.396 e. The number of nitrogens with two attached hydrogens (primary N) is 1. The van der Waals surface area contributed by atoms with E-state index >= 15 is 0 Å². The first-order chi connectivity index (χ1) is 6.25. The molecule has 13 heavy (non-hydrogen) atoms. The number of anilines is 1. The van der Waals surface area contributed by atoms with Crippen LogP contribution in [0.4, 0.5) is 5.69 Å². The second kappa shape index (κ2) is 3.43. The smallest absolute Gasteiger partial charge is 0.169 e. The summed E-state index contributed by atoms with van der Waals surface area (Å²) in [5, 5.41) is 0. The van der Waals surface area contributed by atoms with Crippen LogP contribution in [-0.2, 0) is 0 Å². The fourth-order valence-corrected chi connectivity index (χ4v) is 2.23. The first-order valence-corrected chi connectivity index (χ1v) is 5.20. The first kappa shape index (κ1) is 8.65. The van der Waals surface area contributed by atoms with Crippen molar-refractivity contribution >= 4 is 33.0 Å². The third-order valence-corrected chi connectivity index (χ3v) is 3.08. The molecular formula is C8H6BrN3S. The van der Waals surface area contributed by atoms with Gasteiger partial charge in [-0.1, -0.05) is 0 Å². The van der Waals surface area contributed by atoms with Gasteiger partial charge >= 0.3 is 0 Å². The summed E-state index contributed by atoms with van der Waals surface area (Å²) in [6.07, 6.45) is 3.21. The molecule has 0 atom stereocenters. The standard InChI is InChI=1S/C8H6BrN3S/c9-7-2-1-6(13-7)8-11-3-5(10)4-12-8/h1-4H,10H2. The van der Waals surface area contributed by atoms with Gasteiger partial charge in [0.15, 0.2) is 5.82 Å². The molecule has 0 fully saturated rings. The van der Waals surface area contributed by atoms with Crippen LogP contribution < -0.4 is 5.73 Å². The molecule has 5 heteroatoms. The summed E-state index contributed by atoms with van der Waals surface area (Å²) in [4.78, 5) is 9.26. The summed E-state index contributed by atoms with van der Waals surface area (Å²) < 4.78 is 1.07. The Hall–Kier alpha value is -0.940. The average molecular weight is 256 g/mol. The van der Waals surface area contributed by atoms with Gasteiger partial charge in [-0.15, -0.1) is 11.3 Å². The number of halogens is 1. The Labute approximate surface area is 87.8 Å². The third-order valence-electron chi connectivity index (χ3n) is 1.47. The maximum atomic E-state index is 5.48. The van der Waals surface area contributed by atoms with E-state index < -0.39 is 0 Å². The van der Waals surface area contributed by atoms with Crippen LogP contribution in [-0.4, -0.2) is 9.97 Å². The lowest BCUT2D eigenvalue weighted by Crippen LogP contribution is -1.90. The van der Waals surface area contributed by atoms with E-state index in [0.717, 1.165) is 8.66 Å². The van der Waals surface area contributed by atoms with Gasteiger partial charge in [0.05, 0.1) is 26.7 Å². The van der Waals surface area contributed by atoms with Crippen LogP contribution in [0, 0.1) is 0 Å². The van der Waals surface area contributed by atoms with Crippen molar-refractivity contribution in [1.82, 2.24) is 9.97 Å². The highest BCUT2D eigenvalue weighted by Gasteiger charge is 2.02. The van der Waals surface area contributed by atoms with Crippen molar-refractivity contribution in [3.8, 4) is 10.7 Å². The minimum Gasteiger partial charge on any atom is -0.396 e. The minimum absolute atomic E-state index is 0.583. The molecule has 2 N–H and O–H groups in total. The van der Waals surface area contributed by atoms with E-state index in [1.807, 2.05) is 12.1 Å². The average Bonchev–Trinajstić information content (AvgIpc) is 2.53. The predicted octanol–water partition coefficient (Wildman–Crippen LogP) is 2.55. The molecule has 2 heterocycles. The number of hydrogen-bond acceptors (Lipinski definition) is 4. The quantitative estimate of drug-likeness (QED) is 0.853. The fraction of sp³-hybridized carbons (Fsp3) is 0. The summed E-state index contributed by atoms with van der Waals surface area (Å²) in [5.74, 6) is 0.713. The number of nitrogens with zero attached hydrogens (tertiary/aromatic N) is 2. The lowest BCUT2D eigenvalue weighted by atomic mass is 10.4. The molecule has 66 valence electrons. The SMILES string of the molecule is Nc1cnc(-c2ccc(Br)s2)nc1. The van der Waals surface area contributed by atoms with Crippen LogP contribution in [0.15, 0.2) is 28.3 Å². The van der Waals surface area contributed by atoms with Crippen LogP contribution in [0.2, 0.25) is 0 Å². The van der Waals surface area contributed by atoms with E-state index in [4.69, 9.17) is 5.73 Å². The lowest BCUT2D eigenvalue weighted by Gasteiger charge is -1.94. The van der Waals surface area contributed by atoms with Gasteiger partial charge in [0.1, 0.15) is 0 Å². The topological polar surface area (TPSA) is 51.8 Å². The van der Waals surface area contributed by atoms with Crippen LogP contribution in [0.5, 0.6) is 0 Å². The zero-order valence-corrected chi connectivity index (χ0v) is 8.97. The molecule has 0 amide bonds. The summed E-state index contributed by atoms with van der Waals surface area (Å²) in [6.45, 7) is 0. The summed E-state index contributed by atoms with van der Waals surface area (Å²) >= 11 is 4.98. The molecule has 0 saturated carbocycles. The molecule has 0 radical (unpaired) electrons. The molecule has 0 aliphatic rings. The normalized spacial score (nSPS) is 10.2. The van der Waals surface area contributed by atoms with E-state index in [1.165, 1.54) is 0 Å². The van der Waals surface area contributed by atoms with Crippen molar-refractivity contribution in [2.24, 2.45) is 0 Å². The Balaban J connectivity index is 2.41. The predicted molar refractivity (Wildman–Crippen MR) is 57.5 cm³/mol. The van der Waals surface area contributed by atoms with Gasteiger partial charge in [-0.3, -0.25) is 0 Å². The van der Waals surface area contributed by atoms with Gasteiger partial charge in [-0.25, -0.2) is 9.97 Å². The van der Waals surface area contributed by atoms with E-state index in [9.17, 15) is 0 Å². The molecule has 0 spiro atoms. The number of aromatic nitrogens is 2. The van der Waals surface area contributed by atoms with Gasteiger partial charge in [0.25, 0.3) is 0 Å². The molecule has 0 saturated heterocycles. The highest BCUT2D eigenvalue weighted by Crippen LogP contribution is 2.28. The molecule has 2 aromatic heterocycles. The highest BCUT2D eigenvalue weighted by atomic mass is 79.9. The Morgan fingerprint density at radius 2 is 1.92 bits per heavy atom.